The van der Waals surface area contributed by atoms with Crippen LogP contribution in [-0.4, -0.2) is 53.9 Å². The van der Waals surface area contributed by atoms with Gasteiger partial charge in [-0.1, -0.05) is 13.3 Å². The SMILES string of the molecule is CC[C@H](CCO)NC(=O)NC1C[C@H]2CCC[C@@H](C1)N2C. The molecule has 0 spiro atoms. The van der Waals surface area contributed by atoms with Crippen molar-refractivity contribution in [1.82, 2.24) is 15.5 Å². The van der Waals surface area contributed by atoms with Crippen LogP contribution in [0.25, 0.3) is 0 Å². The molecule has 5 heteroatoms. The molecule has 2 bridgehead atoms. The van der Waals surface area contributed by atoms with Gasteiger partial charge in [0.1, 0.15) is 0 Å². The number of urea groups is 1. The molecule has 0 aromatic heterocycles. The van der Waals surface area contributed by atoms with Crippen molar-refractivity contribution in [2.75, 3.05) is 13.7 Å². The Balaban J connectivity index is 1.80. The van der Waals surface area contributed by atoms with Crippen LogP contribution in [0, 0.1) is 0 Å². The Morgan fingerprint density at radius 1 is 1.35 bits per heavy atom. The van der Waals surface area contributed by atoms with Crippen LogP contribution in [0.2, 0.25) is 0 Å². The maximum atomic E-state index is 12.0. The van der Waals surface area contributed by atoms with Gasteiger partial charge in [-0.25, -0.2) is 4.79 Å². The van der Waals surface area contributed by atoms with Gasteiger partial charge in [-0.15, -0.1) is 0 Å². The van der Waals surface area contributed by atoms with Crippen molar-refractivity contribution in [3.05, 3.63) is 0 Å². The highest BCUT2D eigenvalue weighted by atomic mass is 16.3. The van der Waals surface area contributed by atoms with E-state index in [9.17, 15) is 4.79 Å². The number of hydrogen-bond donors (Lipinski definition) is 3. The molecule has 2 fully saturated rings. The van der Waals surface area contributed by atoms with Crippen molar-refractivity contribution in [1.29, 1.82) is 0 Å². The van der Waals surface area contributed by atoms with E-state index in [0.29, 0.717) is 24.5 Å². The monoisotopic (exact) mass is 283 g/mol. The van der Waals surface area contributed by atoms with E-state index in [2.05, 4.69) is 22.6 Å². The minimum atomic E-state index is -0.0714. The minimum absolute atomic E-state index is 0.0714. The summed E-state index contributed by atoms with van der Waals surface area (Å²) in [5.41, 5.74) is 0. The average molecular weight is 283 g/mol. The van der Waals surface area contributed by atoms with E-state index in [-0.39, 0.29) is 18.7 Å². The van der Waals surface area contributed by atoms with Gasteiger partial charge in [-0.05, 0) is 45.6 Å². The zero-order valence-electron chi connectivity index (χ0n) is 12.8. The Labute approximate surface area is 122 Å². The Morgan fingerprint density at radius 2 is 2.00 bits per heavy atom. The second-order valence-corrected chi connectivity index (χ2v) is 6.31. The lowest BCUT2D eigenvalue weighted by Crippen LogP contribution is -2.57. The summed E-state index contributed by atoms with van der Waals surface area (Å²) in [5, 5.41) is 15.1. The van der Waals surface area contributed by atoms with Gasteiger partial charge < -0.3 is 20.6 Å². The van der Waals surface area contributed by atoms with Crippen LogP contribution < -0.4 is 10.6 Å². The molecule has 2 aliphatic rings. The molecule has 0 aromatic rings. The number of rotatable bonds is 5. The fourth-order valence-corrected chi connectivity index (χ4v) is 3.68. The van der Waals surface area contributed by atoms with Crippen molar-refractivity contribution >= 4 is 6.03 Å². The molecule has 0 saturated carbocycles. The van der Waals surface area contributed by atoms with Gasteiger partial charge in [0.05, 0.1) is 0 Å². The van der Waals surface area contributed by atoms with Crippen LogP contribution in [0.15, 0.2) is 0 Å². The van der Waals surface area contributed by atoms with Crippen molar-refractivity contribution < 1.29 is 9.90 Å². The number of nitrogens with zero attached hydrogens (tertiary/aromatic N) is 1. The standard InChI is InChI=1S/C15H29N3O2/c1-3-11(7-8-19)16-15(20)17-12-9-13-5-4-6-14(10-12)18(13)2/h11-14,19H,3-10H2,1-2H3,(H2,16,17,20)/t11-,12?,13-,14+/m1/s1. The molecule has 116 valence electrons. The van der Waals surface area contributed by atoms with Gasteiger partial charge in [0.15, 0.2) is 0 Å². The number of aliphatic hydroxyl groups is 1. The number of amides is 2. The van der Waals surface area contributed by atoms with Crippen LogP contribution in [0.5, 0.6) is 0 Å². The fraction of sp³-hybridized carbons (Fsp3) is 0.933. The molecule has 2 saturated heterocycles. The van der Waals surface area contributed by atoms with Crippen molar-refractivity contribution in [3.8, 4) is 0 Å². The largest absolute Gasteiger partial charge is 0.396 e. The summed E-state index contributed by atoms with van der Waals surface area (Å²) in [6.45, 7) is 2.15. The molecule has 2 heterocycles. The first-order valence-corrected chi connectivity index (χ1v) is 8.03. The van der Waals surface area contributed by atoms with E-state index in [0.717, 1.165) is 19.3 Å². The molecular formula is C15H29N3O2. The first-order chi connectivity index (χ1) is 9.63. The predicted molar refractivity (Wildman–Crippen MR) is 79.7 cm³/mol. The average Bonchev–Trinajstić information content (AvgIpc) is 2.39. The highest BCUT2D eigenvalue weighted by molar-refractivity contribution is 5.74. The van der Waals surface area contributed by atoms with Crippen LogP contribution in [0.4, 0.5) is 4.79 Å². The zero-order valence-corrected chi connectivity index (χ0v) is 12.8. The second kappa shape index (κ2) is 7.27. The summed E-state index contributed by atoms with van der Waals surface area (Å²) >= 11 is 0. The summed E-state index contributed by atoms with van der Waals surface area (Å²) in [6.07, 6.45) is 7.46. The van der Waals surface area contributed by atoms with E-state index in [4.69, 9.17) is 5.11 Å². The van der Waals surface area contributed by atoms with Crippen LogP contribution >= 0.6 is 0 Å². The maximum Gasteiger partial charge on any atom is 0.315 e. The summed E-state index contributed by atoms with van der Waals surface area (Å²) in [6, 6.07) is 1.57. The van der Waals surface area contributed by atoms with Crippen molar-refractivity contribution in [3.63, 3.8) is 0 Å². The van der Waals surface area contributed by atoms with Gasteiger partial charge in [0, 0.05) is 30.8 Å². The van der Waals surface area contributed by atoms with E-state index in [1.165, 1.54) is 19.3 Å². The lowest BCUT2D eigenvalue weighted by atomic mass is 9.82. The number of nitrogens with one attached hydrogen (secondary N) is 2. The molecule has 1 unspecified atom stereocenters. The van der Waals surface area contributed by atoms with Gasteiger partial charge in [0.2, 0.25) is 0 Å². The molecule has 2 rings (SSSR count). The van der Waals surface area contributed by atoms with Gasteiger partial charge in [0.25, 0.3) is 0 Å². The predicted octanol–water partition coefficient (Wildman–Crippen LogP) is 1.46. The number of carbonyl (C=O) groups is 1. The third kappa shape index (κ3) is 3.85. The third-order valence-corrected chi connectivity index (χ3v) is 4.98. The molecule has 0 radical (unpaired) electrons. The smallest absolute Gasteiger partial charge is 0.315 e. The first-order valence-electron chi connectivity index (χ1n) is 8.03. The van der Waals surface area contributed by atoms with Gasteiger partial charge >= 0.3 is 6.03 Å². The van der Waals surface area contributed by atoms with Crippen molar-refractivity contribution in [2.24, 2.45) is 0 Å². The molecule has 20 heavy (non-hydrogen) atoms. The molecule has 0 aliphatic carbocycles. The Bertz CT molecular complexity index is 310. The molecule has 2 aliphatic heterocycles. The lowest BCUT2D eigenvalue weighted by molar-refractivity contribution is 0.0507. The van der Waals surface area contributed by atoms with E-state index in [1.807, 2.05) is 6.92 Å². The summed E-state index contributed by atoms with van der Waals surface area (Å²) in [4.78, 5) is 14.5. The molecule has 3 N–H and O–H groups in total. The maximum absolute atomic E-state index is 12.0. The highest BCUT2D eigenvalue weighted by Gasteiger charge is 2.36. The number of aliphatic hydroxyl groups excluding tert-OH is 1. The zero-order chi connectivity index (χ0) is 14.5. The minimum Gasteiger partial charge on any atom is -0.396 e. The van der Waals surface area contributed by atoms with Crippen molar-refractivity contribution in [2.45, 2.75) is 76.0 Å². The van der Waals surface area contributed by atoms with Crippen LogP contribution in [-0.2, 0) is 0 Å². The van der Waals surface area contributed by atoms with Crippen LogP contribution in [0.3, 0.4) is 0 Å². The topological polar surface area (TPSA) is 64.6 Å². The number of fused-ring (bicyclic) bond motifs is 2. The molecule has 4 atom stereocenters. The molecule has 5 nitrogen and oxygen atoms in total. The van der Waals surface area contributed by atoms with Gasteiger partial charge in [-0.3, -0.25) is 0 Å². The summed E-state index contributed by atoms with van der Waals surface area (Å²) < 4.78 is 0. The molecular weight excluding hydrogens is 254 g/mol. The Kier molecular flexibility index (Phi) is 5.66. The third-order valence-electron chi connectivity index (χ3n) is 4.98. The summed E-state index contributed by atoms with van der Waals surface area (Å²) in [7, 11) is 2.22. The number of hydrogen-bond acceptors (Lipinski definition) is 3. The van der Waals surface area contributed by atoms with Crippen LogP contribution in [0.1, 0.15) is 51.9 Å². The lowest BCUT2D eigenvalue weighted by Gasteiger charge is -2.47. The normalized spacial score (nSPS) is 31.6. The van der Waals surface area contributed by atoms with E-state index < -0.39 is 0 Å². The Hall–Kier alpha value is -0.810. The number of piperidine rings is 2. The molecule has 2 amide bonds. The first kappa shape index (κ1) is 15.6. The Morgan fingerprint density at radius 3 is 2.55 bits per heavy atom. The fourth-order valence-electron chi connectivity index (χ4n) is 3.68. The number of carbonyl (C=O) groups excluding carboxylic acids is 1. The molecule has 0 aromatic carbocycles. The summed E-state index contributed by atoms with van der Waals surface area (Å²) in [5.74, 6) is 0. The second-order valence-electron chi connectivity index (χ2n) is 6.31. The van der Waals surface area contributed by atoms with Gasteiger partial charge in [-0.2, -0.15) is 0 Å². The van der Waals surface area contributed by atoms with E-state index in [1.54, 1.807) is 0 Å². The quantitative estimate of drug-likeness (QED) is 0.716. The highest BCUT2D eigenvalue weighted by Crippen LogP contribution is 2.32. The van der Waals surface area contributed by atoms with E-state index >= 15 is 0 Å².